The summed E-state index contributed by atoms with van der Waals surface area (Å²) in [4.78, 5) is 17.1. The van der Waals surface area contributed by atoms with Crippen molar-refractivity contribution in [2.45, 2.75) is 25.8 Å². The first-order valence-corrected chi connectivity index (χ1v) is 9.21. The Hall–Kier alpha value is -1.76. The molecule has 1 aromatic carbocycles. The summed E-state index contributed by atoms with van der Waals surface area (Å²) in [6.07, 6.45) is 1.78. The number of hydrogen-bond donors (Lipinski definition) is 1. The molecule has 1 amide bonds. The molecule has 6 heteroatoms. The summed E-state index contributed by atoms with van der Waals surface area (Å²) in [7, 11) is 0. The molecule has 2 heterocycles. The van der Waals surface area contributed by atoms with Crippen LogP contribution in [0, 0.1) is 0 Å². The van der Waals surface area contributed by atoms with Crippen LogP contribution in [0.3, 0.4) is 0 Å². The Morgan fingerprint density at radius 2 is 1.88 bits per heavy atom. The molecule has 3 rings (SSSR count). The maximum atomic E-state index is 12.5. The van der Waals surface area contributed by atoms with Crippen molar-refractivity contribution in [3.63, 3.8) is 0 Å². The number of benzene rings is 1. The molecule has 2 aliphatic rings. The van der Waals surface area contributed by atoms with Gasteiger partial charge in [-0.05, 0) is 12.0 Å². The Morgan fingerprint density at radius 3 is 2.52 bits per heavy atom. The Labute approximate surface area is 149 Å². The van der Waals surface area contributed by atoms with Gasteiger partial charge >= 0.3 is 0 Å². The van der Waals surface area contributed by atoms with Crippen LogP contribution in [0.1, 0.15) is 25.3 Å². The lowest BCUT2D eigenvalue weighted by Crippen LogP contribution is -2.53. The summed E-state index contributed by atoms with van der Waals surface area (Å²) in [5.41, 5.74) is 2.09. The van der Waals surface area contributed by atoms with Gasteiger partial charge in [-0.3, -0.25) is 14.6 Å². The highest BCUT2D eigenvalue weighted by Gasteiger charge is 2.26. The van der Waals surface area contributed by atoms with Crippen LogP contribution in [0.2, 0.25) is 0 Å². The largest absolute Gasteiger partial charge is 0.395 e. The van der Waals surface area contributed by atoms with Crippen molar-refractivity contribution in [2.75, 3.05) is 45.9 Å². The summed E-state index contributed by atoms with van der Waals surface area (Å²) < 4.78 is 0. The molecule has 1 aromatic rings. The SMILES string of the molecule is CCC(CO)N1CCN(CC(=O)N2CCC(c3ccccc3)=N2)CC1. The number of carbonyl (C=O) groups excluding carboxylic acids is 1. The molecule has 25 heavy (non-hydrogen) atoms. The number of rotatable bonds is 6. The molecule has 0 saturated carbocycles. The summed E-state index contributed by atoms with van der Waals surface area (Å²) in [6, 6.07) is 10.3. The maximum absolute atomic E-state index is 12.5. The molecule has 1 N–H and O–H groups in total. The Morgan fingerprint density at radius 1 is 1.16 bits per heavy atom. The van der Waals surface area contributed by atoms with E-state index in [0.29, 0.717) is 13.1 Å². The first-order valence-electron chi connectivity index (χ1n) is 9.21. The highest BCUT2D eigenvalue weighted by Crippen LogP contribution is 2.15. The van der Waals surface area contributed by atoms with Gasteiger partial charge in [-0.1, -0.05) is 37.3 Å². The number of hydrogen-bond acceptors (Lipinski definition) is 5. The zero-order chi connectivity index (χ0) is 17.6. The molecule has 0 spiro atoms. The van der Waals surface area contributed by atoms with Crippen LogP contribution in [-0.4, -0.2) is 83.5 Å². The minimum Gasteiger partial charge on any atom is -0.395 e. The molecule has 1 unspecified atom stereocenters. The topological polar surface area (TPSA) is 59.4 Å². The van der Waals surface area contributed by atoms with Crippen molar-refractivity contribution < 1.29 is 9.90 Å². The third-order valence-corrected chi connectivity index (χ3v) is 5.16. The highest BCUT2D eigenvalue weighted by atomic mass is 16.3. The highest BCUT2D eigenvalue weighted by molar-refractivity contribution is 6.02. The van der Waals surface area contributed by atoms with Gasteiger partial charge in [0.15, 0.2) is 0 Å². The zero-order valence-electron chi connectivity index (χ0n) is 15.0. The predicted octanol–water partition coefficient (Wildman–Crippen LogP) is 1.01. The summed E-state index contributed by atoms with van der Waals surface area (Å²) in [6.45, 7) is 6.96. The predicted molar refractivity (Wildman–Crippen MR) is 98.5 cm³/mol. The van der Waals surface area contributed by atoms with Crippen LogP contribution < -0.4 is 0 Å². The van der Waals surface area contributed by atoms with E-state index in [2.05, 4.69) is 21.8 Å². The lowest BCUT2D eigenvalue weighted by atomic mass is 10.1. The number of hydrazone groups is 1. The average molecular weight is 344 g/mol. The zero-order valence-corrected chi connectivity index (χ0v) is 15.0. The quantitative estimate of drug-likeness (QED) is 0.837. The summed E-state index contributed by atoms with van der Waals surface area (Å²) >= 11 is 0. The second-order valence-electron chi connectivity index (χ2n) is 6.74. The monoisotopic (exact) mass is 344 g/mol. The molecular formula is C19H28N4O2. The molecule has 136 valence electrons. The fourth-order valence-corrected chi connectivity index (χ4v) is 3.53. The third kappa shape index (κ3) is 4.45. The van der Waals surface area contributed by atoms with Gasteiger partial charge in [0.25, 0.3) is 5.91 Å². The normalized spacial score (nSPS) is 20.6. The van der Waals surface area contributed by atoms with Gasteiger partial charge in [-0.2, -0.15) is 5.10 Å². The van der Waals surface area contributed by atoms with Gasteiger partial charge in [-0.25, -0.2) is 5.01 Å². The molecule has 1 fully saturated rings. The molecule has 0 aliphatic carbocycles. The molecule has 0 radical (unpaired) electrons. The lowest BCUT2D eigenvalue weighted by molar-refractivity contribution is -0.132. The van der Waals surface area contributed by atoms with Crippen LogP contribution in [0.15, 0.2) is 35.4 Å². The molecular weight excluding hydrogens is 316 g/mol. The van der Waals surface area contributed by atoms with E-state index in [-0.39, 0.29) is 18.6 Å². The van der Waals surface area contributed by atoms with E-state index < -0.39 is 0 Å². The van der Waals surface area contributed by atoms with Crippen LogP contribution in [-0.2, 0) is 4.79 Å². The van der Waals surface area contributed by atoms with Crippen molar-refractivity contribution in [3.05, 3.63) is 35.9 Å². The van der Waals surface area contributed by atoms with E-state index in [9.17, 15) is 9.90 Å². The van der Waals surface area contributed by atoms with Gasteiger partial charge in [-0.15, -0.1) is 0 Å². The number of aliphatic hydroxyl groups excluding tert-OH is 1. The fourth-order valence-electron chi connectivity index (χ4n) is 3.53. The van der Waals surface area contributed by atoms with Crippen molar-refractivity contribution in [3.8, 4) is 0 Å². The maximum Gasteiger partial charge on any atom is 0.256 e. The van der Waals surface area contributed by atoms with Crippen molar-refractivity contribution in [1.29, 1.82) is 0 Å². The molecule has 2 aliphatic heterocycles. The Bertz CT molecular complexity index is 593. The average Bonchev–Trinajstić information content (AvgIpc) is 3.15. The van der Waals surface area contributed by atoms with Gasteiger partial charge < -0.3 is 5.11 Å². The van der Waals surface area contributed by atoms with Crippen LogP contribution in [0.25, 0.3) is 0 Å². The molecule has 0 aromatic heterocycles. The molecule has 1 atom stereocenters. The Balaban J connectivity index is 1.50. The minimum absolute atomic E-state index is 0.0774. The number of nitrogens with zero attached hydrogens (tertiary/aromatic N) is 4. The van der Waals surface area contributed by atoms with E-state index in [4.69, 9.17) is 0 Å². The number of carbonyl (C=O) groups is 1. The standard InChI is InChI=1S/C19H28N4O2/c1-2-17(15-24)22-12-10-21(11-13-22)14-19(25)23-9-8-18(20-23)16-6-4-3-5-7-16/h3-7,17,24H,2,8-15H2,1H3. The number of aliphatic hydroxyl groups is 1. The first-order chi connectivity index (χ1) is 12.2. The third-order valence-electron chi connectivity index (χ3n) is 5.16. The summed E-state index contributed by atoms with van der Waals surface area (Å²) in [5, 5.41) is 15.6. The van der Waals surface area contributed by atoms with Crippen LogP contribution >= 0.6 is 0 Å². The molecule has 6 nitrogen and oxygen atoms in total. The van der Waals surface area contributed by atoms with Crippen LogP contribution in [0.5, 0.6) is 0 Å². The van der Waals surface area contributed by atoms with Crippen LogP contribution in [0.4, 0.5) is 0 Å². The first kappa shape index (κ1) is 18.0. The van der Waals surface area contributed by atoms with E-state index in [0.717, 1.165) is 50.3 Å². The van der Waals surface area contributed by atoms with E-state index in [1.807, 2.05) is 30.3 Å². The lowest BCUT2D eigenvalue weighted by Gasteiger charge is -2.38. The summed E-state index contributed by atoms with van der Waals surface area (Å²) in [5.74, 6) is 0.0774. The fraction of sp³-hybridized carbons (Fsp3) is 0.579. The van der Waals surface area contributed by atoms with Gasteiger partial charge in [0.2, 0.25) is 0 Å². The van der Waals surface area contributed by atoms with Gasteiger partial charge in [0.05, 0.1) is 25.4 Å². The number of amides is 1. The minimum atomic E-state index is 0.0774. The van der Waals surface area contributed by atoms with Crippen molar-refractivity contribution >= 4 is 11.6 Å². The van der Waals surface area contributed by atoms with E-state index >= 15 is 0 Å². The number of piperazine rings is 1. The molecule has 1 saturated heterocycles. The van der Waals surface area contributed by atoms with Crippen molar-refractivity contribution in [2.24, 2.45) is 5.10 Å². The Kier molecular flexibility index (Phi) is 6.18. The van der Waals surface area contributed by atoms with Gasteiger partial charge in [0.1, 0.15) is 0 Å². The van der Waals surface area contributed by atoms with Crippen molar-refractivity contribution in [1.82, 2.24) is 14.8 Å². The molecule has 0 bridgehead atoms. The smallest absolute Gasteiger partial charge is 0.256 e. The second kappa shape index (κ2) is 8.56. The van der Waals surface area contributed by atoms with Gasteiger partial charge in [0, 0.05) is 38.6 Å². The second-order valence-corrected chi connectivity index (χ2v) is 6.74. The van der Waals surface area contributed by atoms with E-state index in [1.54, 1.807) is 5.01 Å². The van der Waals surface area contributed by atoms with E-state index in [1.165, 1.54) is 0 Å².